The summed E-state index contributed by atoms with van der Waals surface area (Å²) in [6, 6.07) is 3.47. The number of aromatic carboxylic acids is 1. The summed E-state index contributed by atoms with van der Waals surface area (Å²) >= 11 is 6.17. The van der Waals surface area contributed by atoms with Crippen molar-refractivity contribution in [2.45, 2.75) is 19.4 Å². The summed E-state index contributed by atoms with van der Waals surface area (Å²) in [5.41, 5.74) is 6.24. The van der Waals surface area contributed by atoms with Gasteiger partial charge in [0.1, 0.15) is 0 Å². The summed E-state index contributed by atoms with van der Waals surface area (Å²) in [7, 11) is 0. The molecule has 136 valence electrons. The van der Waals surface area contributed by atoms with E-state index in [9.17, 15) is 4.79 Å². The lowest BCUT2D eigenvalue weighted by Gasteiger charge is -2.26. The lowest BCUT2D eigenvalue weighted by atomic mass is 10.00. The monoisotopic (exact) mass is 375 g/mol. The Morgan fingerprint density at radius 1 is 1.50 bits per heavy atom. The Morgan fingerprint density at radius 3 is 2.81 bits per heavy atom. The van der Waals surface area contributed by atoms with Crippen molar-refractivity contribution in [1.29, 1.82) is 0 Å². The molecule has 0 spiro atoms. The third-order valence-electron chi connectivity index (χ3n) is 3.32. The molecule has 0 unspecified atom stereocenters. The van der Waals surface area contributed by atoms with E-state index in [2.05, 4.69) is 26.9 Å². The summed E-state index contributed by atoms with van der Waals surface area (Å²) < 4.78 is 5.11. The first-order valence-electron chi connectivity index (χ1n) is 7.49. The molecular formula is C17H18ClN5O3. The van der Waals surface area contributed by atoms with Gasteiger partial charge in [-0.15, -0.1) is 0 Å². The minimum atomic E-state index is -1.22. The van der Waals surface area contributed by atoms with Crippen LogP contribution in [-0.2, 0) is 5.54 Å². The number of carbonyl (C=O) groups is 1. The second-order valence-electron chi connectivity index (χ2n) is 5.72. The number of nitrogens with two attached hydrogens (primary N) is 1. The molecule has 0 fully saturated rings. The van der Waals surface area contributed by atoms with E-state index < -0.39 is 11.5 Å². The maximum atomic E-state index is 10.9. The van der Waals surface area contributed by atoms with E-state index in [0.717, 1.165) is 6.20 Å². The maximum absolute atomic E-state index is 10.9. The molecule has 0 amide bonds. The van der Waals surface area contributed by atoms with E-state index in [1.807, 2.05) is 13.8 Å². The van der Waals surface area contributed by atoms with Crippen molar-refractivity contribution in [3.63, 3.8) is 0 Å². The first-order chi connectivity index (χ1) is 12.2. The van der Waals surface area contributed by atoms with Crippen LogP contribution in [0.5, 0.6) is 0 Å². The quantitative estimate of drug-likeness (QED) is 0.402. The summed E-state index contributed by atoms with van der Waals surface area (Å²) in [5.74, 6) is -1.33. The van der Waals surface area contributed by atoms with Crippen LogP contribution in [0.1, 0.15) is 36.0 Å². The molecule has 0 aliphatic heterocycles. The molecule has 0 aliphatic carbocycles. The van der Waals surface area contributed by atoms with E-state index >= 15 is 0 Å². The average molecular weight is 376 g/mol. The molecule has 2 rings (SSSR count). The zero-order chi connectivity index (χ0) is 19.3. The Morgan fingerprint density at radius 2 is 2.23 bits per heavy atom. The molecular weight excluding hydrogens is 358 g/mol. The highest BCUT2D eigenvalue weighted by Crippen LogP contribution is 2.25. The van der Waals surface area contributed by atoms with Gasteiger partial charge in [-0.2, -0.15) is 0 Å². The third-order valence-corrected chi connectivity index (χ3v) is 3.62. The molecule has 2 heterocycles. The number of hydrogen-bond acceptors (Lipinski definition) is 5. The van der Waals surface area contributed by atoms with Crippen molar-refractivity contribution in [1.82, 2.24) is 15.3 Å². The van der Waals surface area contributed by atoms with E-state index in [0.29, 0.717) is 16.3 Å². The minimum absolute atomic E-state index is 0.0704. The van der Waals surface area contributed by atoms with Crippen LogP contribution in [0.15, 0.2) is 52.8 Å². The number of carboxylic acids is 1. The van der Waals surface area contributed by atoms with Crippen LogP contribution >= 0.6 is 11.6 Å². The molecule has 26 heavy (non-hydrogen) atoms. The van der Waals surface area contributed by atoms with Gasteiger partial charge in [0.2, 0.25) is 11.7 Å². The standard InChI is InChI=1S/C17H18ClN5O3/c1-4-10(14-21-9-12(26-14)15(24)25)8-22-16(19)23-17(2,3)13-11(18)6-5-7-20-13/h4-9H,1H2,2-3H3,(H,24,25)(H3,19,22,23)/b10-8+. The van der Waals surface area contributed by atoms with Gasteiger partial charge < -0.3 is 20.6 Å². The predicted molar refractivity (Wildman–Crippen MR) is 98.7 cm³/mol. The smallest absolute Gasteiger partial charge is 0.373 e. The van der Waals surface area contributed by atoms with Crippen LogP contribution < -0.4 is 11.1 Å². The third kappa shape index (κ3) is 4.48. The van der Waals surface area contributed by atoms with Crippen LogP contribution in [0.3, 0.4) is 0 Å². The average Bonchev–Trinajstić information content (AvgIpc) is 3.05. The number of nitrogens with zero attached hydrogens (tertiary/aromatic N) is 3. The molecule has 8 nitrogen and oxygen atoms in total. The fourth-order valence-corrected chi connectivity index (χ4v) is 2.46. The number of aliphatic imine (C=N–C) groups is 1. The zero-order valence-electron chi connectivity index (χ0n) is 14.2. The van der Waals surface area contributed by atoms with E-state index in [1.165, 1.54) is 12.3 Å². The maximum Gasteiger partial charge on any atom is 0.373 e. The highest BCUT2D eigenvalue weighted by atomic mass is 35.5. The number of rotatable bonds is 6. The summed E-state index contributed by atoms with van der Waals surface area (Å²) in [5, 5.41) is 12.4. The molecule has 0 aromatic carbocycles. The number of oxazole rings is 1. The zero-order valence-corrected chi connectivity index (χ0v) is 15.0. The first kappa shape index (κ1) is 19.2. The van der Waals surface area contributed by atoms with Gasteiger partial charge in [-0.1, -0.05) is 24.3 Å². The number of aromatic nitrogens is 2. The number of guanidine groups is 1. The highest BCUT2D eigenvalue weighted by Gasteiger charge is 2.25. The summed E-state index contributed by atoms with van der Waals surface area (Å²) in [4.78, 5) is 23.1. The van der Waals surface area contributed by atoms with Gasteiger partial charge in [-0.05, 0) is 26.0 Å². The molecule has 0 saturated heterocycles. The van der Waals surface area contributed by atoms with Crippen LogP contribution in [0, 0.1) is 0 Å². The number of allylic oxidation sites excluding steroid dienone is 2. The topological polar surface area (TPSA) is 127 Å². The molecule has 0 bridgehead atoms. The number of carboxylic acid groups (broad SMARTS) is 1. The highest BCUT2D eigenvalue weighted by molar-refractivity contribution is 6.31. The fraction of sp³-hybridized carbons (Fsp3) is 0.176. The summed E-state index contributed by atoms with van der Waals surface area (Å²) in [6.45, 7) is 7.34. The van der Waals surface area contributed by atoms with Gasteiger partial charge in [0.25, 0.3) is 0 Å². The predicted octanol–water partition coefficient (Wildman–Crippen LogP) is 2.79. The lowest BCUT2D eigenvalue weighted by Crippen LogP contribution is -2.45. The van der Waals surface area contributed by atoms with Crippen LogP contribution in [0.25, 0.3) is 5.57 Å². The largest absolute Gasteiger partial charge is 0.475 e. The van der Waals surface area contributed by atoms with Crippen molar-refractivity contribution < 1.29 is 14.3 Å². The Labute approximate surface area is 155 Å². The second kappa shape index (κ2) is 7.83. The Balaban J connectivity index is 2.21. The van der Waals surface area contributed by atoms with Gasteiger partial charge in [0, 0.05) is 12.4 Å². The van der Waals surface area contributed by atoms with Crippen LogP contribution in [0.2, 0.25) is 5.02 Å². The van der Waals surface area contributed by atoms with E-state index in [4.69, 9.17) is 26.9 Å². The number of halogens is 1. The molecule has 2 aromatic rings. The summed E-state index contributed by atoms with van der Waals surface area (Å²) in [6.07, 6.45) is 5.53. The van der Waals surface area contributed by atoms with E-state index in [1.54, 1.807) is 18.3 Å². The lowest BCUT2D eigenvalue weighted by molar-refractivity contribution is 0.0662. The normalized spacial score (nSPS) is 12.7. The minimum Gasteiger partial charge on any atom is -0.475 e. The van der Waals surface area contributed by atoms with Gasteiger partial charge in [0.15, 0.2) is 5.96 Å². The van der Waals surface area contributed by atoms with Crippen molar-refractivity contribution >= 4 is 29.1 Å². The first-order valence-corrected chi connectivity index (χ1v) is 7.87. The molecule has 2 aromatic heterocycles. The second-order valence-corrected chi connectivity index (χ2v) is 6.13. The van der Waals surface area contributed by atoms with Crippen LogP contribution in [-0.4, -0.2) is 27.0 Å². The Hall–Kier alpha value is -3.13. The molecule has 0 radical (unpaired) electrons. The van der Waals surface area contributed by atoms with Gasteiger partial charge >= 0.3 is 5.97 Å². The van der Waals surface area contributed by atoms with Crippen molar-refractivity contribution in [3.05, 3.63) is 65.7 Å². The SMILES string of the molecule is C=C/C(=C\N=C(/N)NC(C)(C)c1ncccc1Cl)c1ncc(C(=O)O)o1. The van der Waals surface area contributed by atoms with Gasteiger partial charge in [-0.3, -0.25) is 4.98 Å². The molecule has 0 saturated carbocycles. The molecule has 4 N–H and O–H groups in total. The Kier molecular flexibility index (Phi) is 5.78. The van der Waals surface area contributed by atoms with Gasteiger partial charge in [0.05, 0.1) is 28.0 Å². The van der Waals surface area contributed by atoms with Gasteiger partial charge in [-0.25, -0.2) is 14.8 Å². The Bertz CT molecular complexity index is 886. The number of nitrogens with one attached hydrogen (secondary N) is 1. The fourth-order valence-electron chi connectivity index (χ4n) is 2.10. The van der Waals surface area contributed by atoms with Crippen molar-refractivity contribution in [2.75, 3.05) is 0 Å². The molecule has 9 heteroatoms. The number of hydrogen-bond donors (Lipinski definition) is 3. The van der Waals surface area contributed by atoms with Crippen LogP contribution in [0.4, 0.5) is 0 Å². The van der Waals surface area contributed by atoms with Crippen molar-refractivity contribution in [2.24, 2.45) is 10.7 Å². The van der Waals surface area contributed by atoms with Crippen molar-refractivity contribution in [3.8, 4) is 0 Å². The van der Waals surface area contributed by atoms with E-state index in [-0.39, 0.29) is 17.6 Å². The molecule has 0 atom stereocenters. The molecule has 0 aliphatic rings. The number of pyridine rings is 1.